The Morgan fingerprint density at radius 1 is 1.41 bits per heavy atom. The van der Waals surface area contributed by atoms with Crippen LogP contribution in [0.1, 0.15) is 31.4 Å². The van der Waals surface area contributed by atoms with Crippen LogP contribution in [-0.2, 0) is 0 Å². The summed E-state index contributed by atoms with van der Waals surface area (Å²) in [5.74, 6) is 2.09. The van der Waals surface area contributed by atoms with E-state index in [0.717, 1.165) is 24.2 Å². The van der Waals surface area contributed by atoms with Crippen LogP contribution in [0.4, 0.5) is 0 Å². The lowest BCUT2D eigenvalue weighted by Gasteiger charge is -2.13. The number of methoxy groups -OCH3 is 1. The van der Waals surface area contributed by atoms with E-state index in [1.54, 1.807) is 7.11 Å². The van der Waals surface area contributed by atoms with Gasteiger partial charge in [0.1, 0.15) is 0 Å². The molecule has 1 aliphatic rings. The normalized spacial score (nSPS) is 14.1. The highest BCUT2D eigenvalue weighted by Crippen LogP contribution is 2.43. The lowest BCUT2D eigenvalue weighted by molar-refractivity contribution is 0.171. The molecular formula is C12H18ClNO3. The Bertz CT molecular complexity index is 384. The van der Waals surface area contributed by atoms with Crippen molar-refractivity contribution in [3.63, 3.8) is 0 Å². The van der Waals surface area contributed by atoms with Gasteiger partial charge in [-0.05, 0) is 24.1 Å². The topological polar surface area (TPSA) is 53.7 Å². The van der Waals surface area contributed by atoms with Crippen LogP contribution in [0.3, 0.4) is 0 Å². The van der Waals surface area contributed by atoms with Gasteiger partial charge in [0.2, 0.25) is 12.5 Å². The zero-order valence-electron chi connectivity index (χ0n) is 10.1. The number of hydrogen-bond donors (Lipinski definition) is 1. The van der Waals surface area contributed by atoms with Crippen LogP contribution in [-0.4, -0.2) is 13.9 Å². The minimum Gasteiger partial charge on any atom is -0.493 e. The molecule has 1 aromatic carbocycles. The van der Waals surface area contributed by atoms with Crippen molar-refractivity contribution in [1.29, 1.82) is 0 Å². The van der Waals surface area contributed by atoms with E-state index in [4.69, 9.17) is 19.9 Å². The average molecular weight is 260 g/mol. The number of rotatable bonds is 4. The first kappa shape index (κ1) is 13.9. The van der Waals surface area contributed by atoms with Crippen LogP contribution >= 0.6 is 12.4 Å². The molecule has 0 amide bonds. The van der Waals surface area contributed by atoms with Gasteiger partial charge in [0.15, 0.2) is 11.5 Å². The second-order valence-electron chi connectivity index (χ2n) is 3.85. The molecule has 17 heavy (non-hydrogen) atoms. The highest BCUT2D eigenvalue weighted by atomic mass is 35.5. The molecule has 0 unspecified atom stereocenters. The molecule has 5 heteroatoms. The van der Waals surface area contributed by atoms with Gasteiger partial charge in [-0.25, -0.2) is 0 Å². The van der Waals surface area contributed by atoms with E-state index in [-0.39, 0.29) is 25.2 Å². The van der Waals surface area contributed by atoms with E-state index in [1.165, 1.54) is 0 Å². The number of benzene rings is 1. The second kappa shape index (κ2) is 5.98. The Morgan fingerprint density at radius 2 is 2.18 bits per heavy atom. The van der Waals surface area contributed by atoms with Crippen molar-refractivity contribution in [2.75, 3.05) is 13.9 Å². The maximum Gasteiger partial charge on any atom is 0.231 e. The largest absolute Gasteiger partial charge is 0.493 e. The lowest BCUT2D eigenvalue weighted by atomic mass is 10.0. The average Bonchev–Trinajstić information content (AvgIpc) is 2.75. The molecule has 0 spiro atoms. The van der Waals surface area contributed by atoms with E-state index in [1.807, 2.05) is 12.1 Å². The van der Waals surface area contributed by atoms with Gasteiger partial charge in [-0.2, -0.15) is 0 Å². The summed E-state index contributed by atoms with van der Waals surface area (Å²) in [6.45, 7) is 2.36. The summed E-state index contributed by atoms with van der Waals surface area (Å²) >= 11 is 0. The third kappa shape index (κ3) is 2.76. The molecule has 1 heterocycles. The number of halogens is 1. The van der Waals surface area contributed by atoms with Crippen LogP contribution in [0.5, 0.6) is 17.2 Å². The Morgan fingerprint density at radius 3 is 2.82 bits per heavy atom. The van der Waals surface area contributed by atoms with Crippen molar-refractivity contribution < 1.29 is 14.2 Å². The van der Waals surface area contributed by atoms with Crippen molar-refractivity contribution >= 4 is 12.4 Å². The van der Waals surface area contributed by atoms with E-state index in [9.17, 15) is 0 Å². The molecule has 0 saturated heterocycles. The van der Waals surface area contributed by atoms with E-state index < -0.39 is 0 Å². The van der Waals surface area contributed by atoms with E-state index in [0.29, 0.717) is 11.5 Å². The molecule has 0 aliphatic carbocycles. The SMILES string of the molecule is CCC[C@@H](N)c1cc(OC)c2c(c1)OCO2.Cl. The molecular weight excluding hydrogens is 242 g/mol. The monoisotopic (exact) mass is 259 g/mol. The van der Waals surface area contributed by atoms with Gasteiger partial charge in [-0.15, -0.1) is 12.4 Å². The van der Waals surface area contributed by atoms with Gasteiger partial charge in [0.25, 0.3) is 0 Å². The van der Waals surface area contributed by atoms with Crippen LogP contribution in [0.2, 0.25) is 0 Å². The fourth-order valence-corrected chi connectivity index (χ4v) is 1.84. The minimum absolute atomic E-state index is 0. The number of ether oxygens (including phenoxy) is 3. The fourth-order valence-electron chi connectivity index (χ4n) is 1.84. The summed E-state index contributed by atoms with van der Waals surface area (Å²) in [6, 6.07) is 3.88. The Hall–Kier alpha value is -1.13. The first-order valence-corrected chi connectivity index (χ1v) is 5.49. The van der Waals surface area contributed by atoms with Crippen molar-refractivity contribution in [2.45, 2.75) is 25.8 Å². The van der Waals surface area contributed by atoms with Gasteiger partial charge >= 0.3 is 0 Å². The standard InChI is InChI=1S/C12H17NO3.ClH/c1-3-4-9(13)8-5-10(14-2)12-11(6-8)15-7-16-12;/h5-6,9H,3-4,7,13H2,1-2H3;1H/t9-;/m1./s1. The van der Waals surface area contributed by atoms with Crippen molar-refractivity contribution in [3.8, 4) is 17.2 Å². The highest BCUT2D eigenvalue weighted by molar-refractivity contribution is 5.85. The second-order valence-corrected chi connectivity index (χ2v) is 3.85. The van der Waals surface area contributed by atoms with Gasteiger partial charge in [0, 0.05) is 6.04 Å². The van der Waals surface area contributed by atoms with Gasteiger partial charge in [0.05, 0.1) is 7.11 Å². The summed E-state index contributed by atoms with van der Waals surface area (Å²) in [5, 5.41) is 0. The Labute approximate surface area is 107 Å². The van der Waals surface area contributed by atoms with Crippen LogP contribution in [0, 0.1) is 0 Å². The molecule has 96 valence electrons. The zero-order valence-corrected chi connectivity index (χ0v) is 10.9. The predicted molar refractivity (Wildman–Crippen MR) is 68.2 cm³/mol. The third-order valence-electron chi connectivity index (χ3n) is 2.71. The van der Waals surface area contributed by atoms with E-state index >= 15 is 0 Å². The first-order chi connectivity index (χ1) is 7.76. The van der Waals surface area contributed by atoms with Gasteiger partial charge < -0.3 is 19.9 Å². The van der Waals surface area contributed by atoms with Gasteiger partial charge in [-0.3, -0.25) is 0 Å². The third-order valence-corrected chi connectivity index (χ3v) is 2.71. The molecule has 2 rings (SSSR count). The maximum absolute atomic E-state index is 6.07. The zero-order chi connectivity index (χ0) is 11.5. The smallest absolute Gasteiger partial charge is 0.231 e. The molecule has 2 N–H and O–H groups in total. The van der Waals surface area contributed by atoms with Gasteiger partial charge in [-0.1, -0.05) is 13.3 Å². The summed E-state index contributed by atoms with van der Waals surface area (Å²) in [6.07, 6.45) is 2.00. The molecule has 1 atom stereocenters. The lowest BCUT2D eigenvalue weighted by Crippen LogP contribution is -2.09. The first-order valence-electron chi connectivity index (χ1n) is 5.49. The summed E-state index contributed by atoms with van der Waals surface area (Å²) in [4.78, 5) is 0. The molecule has 0 radical (unpaired) electrons. The fraction of sp³-hybridized carbons (Fsp3) is 0.500. The minimum atomic E-state index is 0. The van der Waals surface area contributed by atoms with Crippen LogP contribution in [0.15, 0.2) is 12.1 Å². The molecule has 0 bridgehead atoms. The summed E-state index contributed by atoms with van der Waals surface area (Å²) in [7, 11) is 1.62. The quantitative estimate of drug-likeness (QED) is 0.903. The molecule has 0 saturated carbocycles. The summed E-state index contributed by atoms with van der Waals surface area (Å²) in [5.41, 5.74) is 7.10. The highest BCUT2D eigenvalue weighted by Gasteiger charge is 2.21. The molecule has 1 aliphatic heterocycles. The number of fused-ring (bicyclic) bond motifs is 1. The van der Waals surface area contributed by atoms with E-state index in [2.05, 4.69) is 6.92 Å². The summed E-state index contributed by atoms with van der Waals surface area (Å²) < 4.78 is 15.9. The Kier molecular flexibility index (Phi) is 4.90. The Balaban J connectivity index is 0.00000144. The molecule has 4 nitrogen and oxygen atoms in total. The molecule has 1 aromatic rings. The van der Waals surface area contributed by atoms with Crippen LogP contribution < -0.4 is 19.9 Å². The van der Waals surface area contributed by atoms with Crippen molar-refractivity contribution in [2.24, 2.45) is 5.73 Å². The number of nitrogens with two attached hydrogens (primary N) is 1. The number of hydrogen-bond acceptors (Lipinski definition) is 4. The molecule has 0 aromatic heterocycles. The van der Waals surface area contributed by atoms with Crippen molar-refractivity contribution in [3.05, 3.63) is 17.7 Å². The van der Waals surface area contributed by atoms with Crippen molar-refractivity contribution in [1.82, 2.24) is 0 Å². The predicted octanol–water partition coefficient (Wildman–Crippen LogP) is 2.65. The van der Waals surface area contributed by atoms with Crippen LogP contribution in [0.25, 0.3) is 0 Å². The molecule has 0 fully saturated rings. The maximum atomic E-state index is 6.07.